The molecule has 0 saturated carbocycles. The van der Waals surface area contributed by atoms with E-state index in [1.165, 1.54) is 5.56 Å². The van der Waals surface area contributed by atoms with Gasteiger partial charge in [0.15, 0.2) is 0 Å². The van der Waals surface area contributed by atoms with Gasteiger partial charge >= 0.3 is 5.97 Å². The maximum Gasteiger partial charge on any atom is 0.339 e. The van der Waals surface area contributed by atoms with Gasteiger partial charge in [-0.2, -0.15) is 0 Å². The summed E-state index contributed by atoms with van der Waals surface area (Å²) in [6.45, 7) is 5.10. The molecule has 2 aromatic carbocycles. The third kappa shape index (κ3) is 2.98. The number of para-hydroxylation sites is 1. The first kappa shape index (κ1) is 18.3. The summed E-state index contributed by atoms with van der Waals surface area (Å²) in [5.74, 6) is -0.942. The molecule has 0 fully saturated rings. The molecule has 4 rings (SSSR count). The van der Waals surface area contributed by atoms with Crippen molar-refractivity contribution in [2.45, 2.75) is 32.0 Å². The van der Waals surface area contributed by atoms with Gasteiger partial charge in [0, 0.05) is 29.1 Å². The fourth-order valence-electron chi connectivity index (χ4n) is 4.40. The topological polar surface area (TPSA) is 68.4 Å². The van der Waals surface area contributed by atoms with Crippen LogP contribution in [-0.4, -0.2) is 34.2 Å². The molecule has 0 saturated heterocycles. The number of benzene rings is 2. The van der Waals surface area contributed by atoms with Crippen molar-refractivity contribution >= 4 is 22.4 Å². The molecule has 1 aliphatic rings. The Bertz CT molecular complexity index is 1050. The molecule has 28 heavy (non-hydrogen) atoms. The first-order chi connectivity index (χ1) is 13.4. The Morgan fingerprint density at radius 2 is 1.79 bits per heavy atom. The van der Waals surface area contributed by atoms with Crippen molar-refractivity contribution in [1.29, 1.82) is 0 Å². The van der Waals surface area contributed by atoms with Crippen LogP contribution in [0.2, 0.25) is 0 Å². The number of hydrogen-bond donors (Lipinski definition) is 3. The highest BCUT2D eigenvalue weighted by Crippen LogP contribution is 2.41. The SMILES string of the molecule is CN(Cc1ccccc1)C1NC=C(C(=O)O)c2[nH]c3ccccc3c2C1(C)C. The molecule has 0 aliphatic carbocycles. The Balaban J connectivity index is 1.83. The van der Waals surface area contributed by atoms with Crippen LogP contribution >= 0.6 is 0 Å². The second-order valence-electron chi connectivity index (χ2n) is 7.98. The largest absolute Gasteiger partial charge is 0.478 e. The zero-order chi connectivity index (χ0) is 19.9. The molecule has 1 aromatic heterocycles. The van der Waals surface area contributed by atoms with Gasteiger partial charge in [-0.15, -0.1) is 0 Å². The summed E-state index contributed by atoms with van der Waals surface area (Å²) in [4.78, 5) is 17.6. The fraction of sp³-hybridized carbons (Fsp3) is 0.261. The summed E-state index contributed by atoms with van der Waals surface area (Å²) in [6, 6.07) is 18.3. The summed E-state index contributed by atoms with van der Waals surface area (Å²) in [5, 5.41) is 14.3. The van der Waals surface area contributed by atoms with Gasteiger partial charge in [-0.3, -0.25) is 4.90 Å². The molecule has 144 valence electrons. The predicted octanol–water partition coefficient (Wildman–Crippen LogP) is 3.93. The third-order valence-electron chi connectivity index (χ3n) is 5.63. The van der Waals surface area contributed by atoms with Crippen molar-refractivity contribution in [2.24, 2.45) is 0 Å². The van der Waals surface area contributed by atoms with E-state index in [9.17, 15) is 9.90 Å². The van der Waals surface area contributed by atoms with E-state index in [-0.39, 0.29) is 17.2 Å². The molecule has 5 heteroatoms. The van der Waals surface area contributed by atoms with Crippen molar-refractivity contribution in [3.63, 3.8) is 0 Å². The lowest BCUT2D eigenvalue weighted by Crippen LogP contribution is -2.52. The summed E-state index contributed by atoms with van der Waals surface area (Å²) >= 11 is 0. The number of H-pyrrole nitrogens is 1. The Labute approximate surface area is 164 Å². The fourth-order valence-corrected chi connectivity index (χ4v) is 4.40. The minimum absolute atomic E-state index is 0.0810. The van der Waals surface area contributed by atoms with E-state index in [1.807, 2.05) is 36.4 Å². The lowest BCUT2D eigenvalue weighted by Gasteiger charge is -2.40. The standard InChI is InChI=1S/C23H25N3O2/c1-23(2)19-16-11-7-8-12-18(16)25-20(19)17(21(27)28)13-24-22(23)26(3)14-15-9-5-4-6-10-15/h4-13,22,24-25H,14H2,1-3H3,(H,27,28). The van der Waals surface area contributed by atoms with E-state index >= 15 is 0 Å². The maximum absolute atomic E-state index is 12.0. The number of aliphatic carboxylic acids is 1. The van der Waals surface area contributed by atoms with Crippen LogP contribution in [0, 0.1) is 0 Å². The van der Waals surface area contributed by atoms with E-state index in [0.29, 0.717) is 5.69 Å². The van der Waals surface area contributed by atoms with E-state index < -0.39 is 5.97 Å². The van der Waals surface area contributed by atoms with E-state index in [0.717, 1.165) is 23.0 Å². The number of carboxylic acids is 1. The monoisotopic (exact) mass is 375 g/mol. The molecule has 1 unspecified atom stereocenters. The number of nitrogens with zero attached hydrogens (tertiary/aromatic N) is 1. The predicted molar refractivity (Wildman–Crippen MR) is 112 cm³/mol. The quantitative estimate of drug-likeness (QED) is 0.646. The highest BCUT2D eigenvalue weighted by molar-refractivity contribution is 6.16. The Kier molecular flexibility index (Phi) is 4.47. The smallest absolute Gasteiger partial charge is 0.339 e. The Morgan fingerprint density at radius 3 is 2.50 bits per heavy atom. The number of carboxylic acid groups (broad SMARTS) is 1. The molecule has 1 aliphatic heterocycles. The van der Waals surface area contributed by atoms with E-state index in [2.05, 4.69) is 54.3 Å². The molecule has 1 atom stereocenters. The molecule has 3 N–H and O–H groups in total. The van der Waals surface area contributed by atoms with Crippen LogP contribution in [0.25, 0.3) is 16.5 Å². The second-order valence-corrected chi connectivity index (χ2v) is 7.98. The molecular formula is C23H25N3O2. The lowest BCUT2D eigenvalue weighted by atomic mass is 9.78. The number of nitrogens with one attached hydrogen (secondary N) is 2. The summed E-state index contributed by atoms with van der Waals surface area (Å²) in [7, 11) is 2.07. The van der Waals surface area contributed by atoms with Crippen molar-refractivity contribution in [2.75, 3.05) is 7.05 Å². The van der Waals surface area contributed by atoms with Crippen LogP contribution in [0.3, 0.4) is 0 Å². The number of likely N-dealkylation sites (N-methyl/N-ethyl adjacent to an activating group) is 1. The van der Waals surface area contributed by atoms with Gasteiger partial charge < -0.3 is 15.4 Å². The van der Waals surface area contributed by atoms with Gasteiger partial charge in [0.2, 0.25) is 0 Å². The zero-order valence-corrected chi connectivity index (χ0v) is 16.4. The van der Waals surface area contributed by atoms with Crippen LogP contribution in [0.4, 0.5) is 0 Å². The number of aromatic nitrogens is 1. The number of carbonyl (C=O) groups is 1. The Hall–Kier alpha value is -3.05. The normalized spacial score (nSPS) is 18.3. The number of fused-ring (bicyclic) bond motifs is 3. The molecule has 0 radical (unpaired) electrons. The summed E-state index contributed by atoms with van der Waals surface area (Å²) < 4.78 is 0. The van der Waals surface area contributed by atoms with E-state index in [1.54, 1.807) is 6.20 Å². The third-order valence-corrected chi connectivity index (χ3v) is 5.63. The Morgan fingerprint density at radius 1 is 1.11 bits per heavy atom. The first-order valence-corrected chi connectivity index (χ1v) is 9.45. The molecule has 3 aromatic rings. The second kappa shape index (κ2) is 6.84. The summed E-state index contributed by atoms with van der Waals surface area (Å²) in [6.07, 6.45) is 1.56. The van der Waals surface area contributed by atoms with Crippen molar-refractivity contribution in [3.8, 4) is 0 Å². The first-order valence-electron chi connectivity index (χ1n) is 9.45. The summed E-state index contributed by atoms with van der Waals surface area (Å²) in [5.41, 5.74) is 3.81. The lowest BCUT2D eigenvalue weighted by molar-refractivity contribution is -0.130. The number of hydrogen-bond acceptors (Lipinski definition) is 3. The van der Waals surface area contributed by atoms with Crippen molar-refractivity contribution in [1.82, 2.24) is 15.2 Å². The molecule has 5 nitrogen and oxygen atoms in total. The molecule has 2 heterocycles. The van der Waals surface area contributed by atoms with Gasteiger partial charge in [-0.05, 0) is 24.2 Å². The van der Waals surface area contributed by atoms with E-state index in [4.69, 9.17) is 0 Å². The molecule has 0 amide bonds. The highest BCUT2D eigenvalue weighted by Gasteiger charge is 2.41. The minimum Gasteiger partial charge on any atom is -0.478 e. The van der Waals surface area contributed by atoms with Gasteiger partial charge in [0.25, 0.3) is 0 Å². The molecule has 0 spiro atoms. The molecular weight excluding hydrogens is 350 g/mol. The maximum atomic E-state index is 12.0. The van der Waals surface area contributed by atoms with Crippen LogP contribution in [0.15, 0.2) is 60.8 Å². The van der Waals surface area contributed by atoms with Crippen LogP contribution in [-0.2, 0) is 16.8 Å². The molecule has 0 bridgehead atoms. The average Bonchev–Trinajstić information content (AvgIpc) is 3.00. The average molecular weight is 375 g/mol. The highest BCUT2D eigenvalue weighted by atomic mass is 16.4. The van der Waals surface area contributed by atoms with Crippen molar-refractivity contribution < 1.29 is 9.90 Å². The van der Waals surface area contributed by atoms with Gasteiger partial charge in [-0.25, -0.2) is 4.79 Å². The number of rotatable bonds is 4. The van der Waals surface area contributed by atoms with Crippen molar-refractivity contribution in [3.05, 3.63) is 77.6 Å². The minimum atomic E-state index is -0.942. The van der Waals surface area contributed by atoms with Crippen LogP contribution in [0.1, 0.15) is 30.7 Å². The van der Waals surface area contributed by atoms with Crippen LogP contribution < -0.4 is 5.32 Å². The van der Waals surface area contributed by atoms with Gasteiger partial charge in [0.05, 0.1) is 17.4 Å². The van der Waals surface area contributed by atoms with Crippen LogP contribution in [0.5, 0.6) is 0 Å². The zero-order valence-electron chi connectivity index (χ0n) is 16.4. The van der Waals surface area contributed by atoms with Gasteiger partial charge in [-0.1, -0.05) is 62.4 Å². The van der Waals surface area contributed by atoms with Gasteiger partial charge in [0.1, 0.15) is 0 Å². The number of aromatic amines is 1.